The summed E-state index contributed by atoms with van der Waals surface area (Å²) >= 11 is 0. The van der Waals surface area contributed by atoms with E-state index in [-0.39, 0.29) is 0 Å². The first-order valence-corrected chi connectivity index (χ1v) is 19.9. The van der Waals surface area contributed by atoms with E-state index >= 15 is 0 Å². The maximum atomic E-state index is 6.74. The van der Waals surface area contributed by atoms with E-state index < -0.39 is 5.41 Å². The molecule has 10 aromatic rings. The van der Waals surface area contributed by atoms with E-state index in [4.69, 9.17) is 9.40 Å². The molecule has 1 aromatic heterocycles. The van der Waals surface area contributed by atoms with Crippen molar-refractivity contribution >= 4 is 11.1 Å². The molecule has 2 nitrogen and oxygen atoms in total. The third kappa shape index (κ3) is 4.82. The fourth-order valence-electron chi connectivity index (χ4n) is 9.72. The summed E-state index contributed by atoms with van der Waals surface area (Å²) in [5, 5.41) is 0. The third-order valence-electron chi connectivity index (χ3n) is 12.4. The summed E-state index contributed by atoms with van der Waals surface area (Å²) in [6.45, 7) is 0. The minimum Gasteiger partial charge on any atom is -0.436 e. The summed E-state index contributed by atoms with van der Waals surface area (Å²) in [4.78, 5) is 5.28. The van der Waals surface area contributed by atoms with E-state index in [1.807, 2.05) is 6.07 Å². The third-order valence-corrected chi connectivity index (χ3v) is 12.4. The van der Waals surface area contributed by atoms with Crippen molar-refractivity contribution in [1.29, 1.82) is 0 Å². The molecular formula is C56H35NO. The van der Waals surface area contributed by atoms with E-state index in [9.17, 15) is 0 Å². The van der Waals surface area contributed by atoms with Crippen molar-refractivity contribution < 1.29 is 4.42 Å². The number of benzene rings is 9. The molecule has 2 heteroatoms. The molecule has 270 valence electrons. The number of rotatable bonds is 5. The smallest absolute Gasteiger partial charge is 0.227 e. The van der Waals surface area contributed by atoms with Gasteiger partial charge in [-0.1, -0.05) is 182 Å². The van der Waals surface area contributed by atoms with Gasteiger partial charge in [0.15, 0.2) is 5.58 Å². The fraction of sp³-hybridized carbons (Fsp3) is 0.0179. The van der Waals surface area contributed by atoms with Crippen LogP contribution in [0, 0.1) is 0 Å². The summed E-state index contributed by atoms with van der Waals surface area (Å²) in [5.74, 6) is 0.608. The van der Waals surface area contributed by atoms with Gasteiger partial charge in [0.1, 0.15) is 5.52 Å². The molecule has 0 unspecified atom stereocenters. The van der Waals surface area contributed by atoms with Crippen molar-refractivity contribution in [3.05, 3.63) is 235 Å². The molecule has 58 heavy (non-hydrogen) atoms. The second-order valence-electron chi connectivity index (χ2n) is 15.4. The summed E-state index contributed by atoms with van der Waals surface area (Å²) in [6.07, 6.45) is 0. The Labute approximate surface area is 337 Å². The van der Waals surface area contributed by atoms with E-state index in [0.717, 1.165) is 44.5 Å². The summed E-state index contributed by atoms with van der Waals surface area (Å²) in [7, 11) is 0. The molecule has 0 bridgehead atoms. The van der Waals surface area contributed by atoms with Crippen LogP contribution in [0.5, 0.6) is 0 Å². The Hall–Kier alpha value is -7.55. The van der Waals surface area contributed by atoms with Crippen molar-refractivity contribution in [1.82, 2.24) is 4.98 Å². The summed E-state index contributed by atoms with van der Waals surface area (Å²) in [6, 6.07) is 76.8. The van der Waals surface area contributed by atoms with Crippen LogP contribution in [0.1, 0.15) is 22.3 Å². The molecule has 0 radical (unpaired) electrons. The average Bonchev–Trinajstić information content (AvgIpc) is 3.96. The zero-order valence-corrected chi connectivity index (χ0v) is 31.6. The number of fused-ring (bicyclic) bond motifs is 11. The average molecular weight is 738 g/mol. The first-order valence-electron chi connectivity index (χ1n) is 19.9. The maximum Gasteiger partial charge on any atom is 0.227 e. The molecule has 2 aliphatic carbocycles. The van der Waals surface area contributed by atoms with Crippen molar-refractivity contribution in [3.63, 3.8) is 0 Å². The second-order valence-corrected chi connectivity index (χ2v) is 15.4. The largest absolute Gasteiger partial charge is 0.436 e. The molecule has 0 fully saturated rings. The van der Waals surface area contributed by atoms with E-state index in [1.54, 1.807) is 0 Å². The zero-order valence-electron chi connectivity index (χ0n) is 31.6. The van der Waals surface area contributed by atoms with Gasteiger partial charge in [-0.15, -0.1) is 0 Å². The van der Waals surface area contributed by atoms with Crippen LogP contribution in [0.15, 0.2) is 217 Å². The van der Waals surface area contributed by atoms with E-state index in [0.29, 0.717) is 5.89 Å². The number of nitrogens with zero attached hydrogens (tertiary/aromatic N) is 1. The van der Waals surface area contributed by atoms with Crippen molar-refractivity contribution in [2.75, 3.05) is 0 Å². The Morgan fingerprint density at radius 1 is 0.293 bits per heavy atom. The Morgan fingerprint density at radius 3 is 1.24 bits per heavy atom. The predicted molar refractivity (Wildman–Crippen MR) is 237 cm³/mol. The van der Waals surface area contributed by atoms with Gasteiger partial charge >= 0.3 is 0 Å². The molecule has 1 spiro atoms. The Bertz CT molecular complexity index is 3130. The quantitative estimate of drug-likeness (QED) is 0.176. The molecule has 0 saturated heterocycles. The van der Waals surface area contributed by atoms with Gasteiger partial charge in [-0.2, -0.15) is 0 Å². The lowest BCUT2D eigenvalue weighted by atomic mass is 9.70. The van der Waals surface area contributed by atoms with Crippen molar-refractivity contribution in [3.8, 4) is 78.2 Å². The van der Waals surface area contributed by atoms with Crippen LogP contribution in [-0.4, -0.2) is 4.98 Å². The van der Waals surface area contributed by atoms with Crippen LogP contribution in [0.25, 0.3) is 89.3 Å². The molecule has 2 aliphatic rings. The second kappa shape index (κ2) is 12.7. The minimum atomic E-state index is -0.436. The molecule has 1 heterocycles. The standard InChI is InChI=1S/C56H35NO/c1-3-13-36(14-4-1)38-23-25-40(26-24-38)43-33-48(54-53(35-43)58-55(57-54)41-29-27-39(28-30-41)37-15-5-2-6-16-37)42-31-32-47-46-19-9-12-22-51(46)56(52(47)34-42)49-20-10-7-17-44(49)45-18-8-11-21-50(45)56/h1-35H. The highest BCUT2D eigenvalue weighted by Crippen LogP contribution is 2.63. The van der Waals surface area contributed by atoms with Gasteiger partial charge in [-0.25, -0.2) is 4.98 Å². The first kappa shape index (κ1) is 32.7. The van der Waals surface area contributed by atoms with Crippen LogP contribution < -0.4 is 0 Å². The molecule has 9 aromatic carbocycles. The summed E-state index contributed by atoms with van der Waals surface area (Å²) < 4.78 is 6.74. The lowest BCUT2D eigenvalue weighted by Crippen LogP contribution is -2.25. The lowest BCUT2D eigenvalue weighted by molar-refractivity contribution is 0.620. The molecule has 0 amide bonds. The van der Waals surface area contributed by atoms with E-state index in [1.165, 1.54) is 61.2 Å². The number of hydrogen-bond donors (Lipinski definition) is 0. The number of hydrogen-bond acceptors (Lipinski definition) is 2. The molecule has 0 atom stereocenters. The van der Waals surface area contributed by atoms with Gasteiger partial charge in [0.05, 0.1) is 5.41 Å². The molecule has 0 saturated carbocycles. The number of aromatic nitrogens is 1. The Kier molecular flexibility index (Phi) is 7.18. The van der Waals surface area contributed by atoms with Gasteiger partial charge in [0, 0.05) is 11.1 Å². The predicted octanol–water partition coefficient (Wildman–Crippen LogP) is 14.5. The van der Waals surface area contributed by atoms with Crippen molar-refractivity contribution in [2.45, 2.75) is 5.41 Å². The number of oxazole rings is 1. The van der Waals surface area contributed by atoms with Gasteiger partial charge in [-0.3, -0.25) is 0 Å². The highest BCUT2D eigenvalue weighted by Gasteiger charge is 2.51. The topological polar surface area (TPSA) is 26.0 Å². The summed E-state index contributed by atoms with van der Waals surface area (Å²) in [5.41, 5.74) is 21.7. The van der Waals surface area contributed by atoms with E-state index in [2.05, 4.69) is 206 Å². The Morgan fingerprint density at radius 2 is 0.707 bits per heavy atom. The van der Waals surface area contributed by atoms with Crippen LogP contribution in [0.2, 0.25) is 0 Å². The Balaban J connectivity index is 1.06. The first-order chi connectivity index (χ1) is 28.7. The lowest BCUT2D eigenvalue weighted by Gasteiger charge is -2.30. The maximum absolute atomic E-state index is 6.74. The van der Waals surface area contributed by atoms with Gasteiger partial charge in [0.25, 0.3) is 0 Å². The van der Waals surface area contributed by atoms with Crippen LogP contribution >= 0.6 is 0 Å². The van der Waals surface area contributed by atoms with Crippen LogP contribution in [-0.2, 0) is 5.41 Å². The van der Waals surface area contributed by atoms with Gasteiger partial charge < -0.3 is 4.42 Å². The zero-order chi connectivity index (χ0) is 38.2. The minimum absolute atomic E-state index is 0.436. The highest BCUT2D eigenvalue weighted by molar-refractivity contribution is 6.00. The highest BCUT2D eigenvalue weighted by atomic mass is 16.3. The molecule has 0 N–H and O–H groups in total. The molecule has 12 rings (SSSR count). The van der Waals surface area contributed by atoms with Crippen LogP contribution in [0.3, 0.4) is 0 Å². The molecule has 0 aliphatic heterocycles. The SMILES string of the molecule is c1ccc(-c2ccc(-c3cc(-c4ccc5c(c4)C4(c6ccccc6-c6ccccc64)c4ccccc4-5)c4nc(-c5ccc(-c6ccccc6)cc5)oc4c3)cc2)cc1. The fourth-order valence-corrected chi connectivity index (χ4v) is 9.72. The van der Waals surface area contributed by atoms with Crippen LogP contribution in [0.4, 0.5) is 0 Å². The van der Waals surface area contributed by atoms with Gasteiger partial charge in [0.2, 0.25) is 5.89 Å². The van der Waals surface area contributed by atoms with Crippen molar-refractivity contribution in [2.24, 2.45) is 0 Å². The normalized spacial score (nSPS) is 13.0. The monoisotopic (exact) mass is 737 g/mol. The van der Waals surface area contributed by atoms with Gasteiger partial charge in [-0.05, 0) is 114 Å². The molecular weight excluding hydrogens is 703 g/mol.